The van der Waals surface area contributed by atoms with Crippen LogP contribution in [0.5, 0.6) is 0 Å². The Bertz CT molecular complexity index is 864. The summed E-state index contributed by atoms with van der Waals surface area (Å²) in [6, 6.07) is 3.54. The van der Waals surface area contributed by atoms with Crippen molar-refractivity contribution < 1.29 is 13.0 Å². The van der Waals surface area contributed by atoms with E-state index in [4.69, 9.17) is 4.55 Å². The standard InChI is InChI=1S/C12H14N2O5S/c1-2-3-6-14-10-7-8(20(17,18)19)4-5-9(10)11(15)13-12(14)16/h4-5,7H,2-3,6H2,1H3,(H,13,15,16)(H,17,18,19). The Morgan fingerprint density at radius 3 is 2.60 bits per heavy atom. The Kier molecular flexibility index (Phi) is 3.78. The summed E-state index contributed by atoms with van der Waals surface area (Å²) in [7, 11) is -4.38. The summed E-state index contributed by atoms with van der Waals surface area (Å²) >= 11 is 0. The first kappa shape index (κ1) is 14.5. The number of hydrogen-bond donors (Lipinski definition) is 2. The number of hydrogen-bond acceptors (Lipinski definition) is 4. The van der Waals surface area contributed by atoms with Gasteiger partial charge >= 0.3 is 5.69 Å². The van der Waals surface area contributed by atoms with E-state index in [1.54, 1.807) is 0 Å². The van der Waals surface area contributed by atoms with Gasteiger partial charge in [0.2, 0.25) is 0 Å². The van der Waals surface area contributed by atoms with Crippen molar-refractivity contribution in [3.8, 4) is 0 Å². The number of nitrogens with zero attached hydrogens (tertiary/aromatic N) is 1. The molecule has 0 aliphatic carbocycles. The van der Waals surface area contributed by atoms with Crippen molar-refractivity contribution >= 4 is 21.0 Å². The SMILES string of the molecule is CCCCn1c(=O)[nH]c(=O)c2ccc(S(=O)(=O)O)cc21. The second-order valence-electron chi connectivity index (χ2n) is 4.42. The molecule has 0 atom stereocenters. The van der Waals surface area contributed by atoms with Crippen LogP contribution in [0.15, 0.2) is 32.7 Å². The summed E-state index contributed by atoms with van der Waals surface area (Å²) in [4.78, 5) is 25.4. The molecule has 1 aromatic carbocycles. The summed E-state index contributed by atoms with van der Waals surface area (Å²) in [5, 5.41) is 0.202. The van der Waals surface area contributed by atoms with Gasteiger partial charge < -0.3 is 0 Å². The van der Waals surface area contributed by atoms with Gasteiger partial charge in [0.15, 0.2) is 0 Å². The molecule has 2 rings (SSSR count). The highest BCUT2D eigenvalue weighted by Crippen LogP contribution is 2.15. The number of H-pyrrole nitrogens is 1. The summed E-state index contributed by atoms with van der Waals surface area (Å²) in [6.07, 6.45) is 1.54. The van der Waals surface area contributed by atoms with E-state index >= 15 is 0 Å². The van der Waals surface area contributed by atoms with Crippen LogP contribution >= 0.6 is 0 Å². The highest BCUT2D eigenvalue weighted by atomic mass is 32.2. The van der Waals surface area contributed by atoms with Crippen molar-refractivity contribution in [2.75, 3.05) is 0 Å². The molecule has 0 fully saturated rings. The molecule has 0 saturated heterocycles. The van der Waals surface area contributed by atoms with Gasteiger partial charge in [0.05, 0.1) is 15.8 Å². The summed E-state index contributed by atoms with van der Waals surface area (Å²) in [5.41, 5.74) is -0.981. The first-order chi connectivity index (χ1) is 9.34. The molecule has 8 heteroatoms. The second kappa shape index (κ2) is 5.22. The topological polar surface area (TPSA) is 109 Å². The molecule has 2 aromatic rings. The normalized spacial score (nSPS) is 11.9. The van der Waals surface area contributed by atoms with E-state index in [0.29, 0.717) is 13.0 Å². The Morgan fingerprint density at radius 2 is 2.00 bits per heavy atom. The van der Waals surface area contributed by atoms with Gasteiger partial charge in [0.1, 0.15) is 0 Å². The average molecular weight is 298 g/mol. The van der Waals surface area contributed by atoms with Gasteiger partial charge in [-0.1, -0.05) is 13.3 Å². The van der Waals surface area contributed by atoms with Crippen molar-refractivity contribution in [2.45, 2.75) is 31.2 Å². The fourth-order valence-electron chi connectivity index (χ4n) is 1.97. The van der Waals surface area contributed by atoms with E-state index in [9.17, 15) is 18.0 Å². The Balaban J connectivity index is 2.83. The van der Waals surface area contributed by atoms with Gasteiger partial charge in [-0.15, -0.1) is 0 Å². The Hall–Kier alpha value is -1.93. The van der Waals surface area contributed by atoms with Crippen LogP contribution in [-0.4, -0.2) is 22.5 Å². The quantitative estimate of drug-likeness (QED) is 0.809. The molecule has 0 saturated carbocycles. The van der Waals surface area contributed by atoms with Gasteiger partial charge in [-0.3, -0.25) is 18.9 Å². The molecule has 0 bridgehead atoms. The number of fused-ring (bicyclic) bond motifs is 1. The smallest absolute Gasteiger partial charge is 0.293 e. The molecule has 0 radical (unpaired) electrons. The molecule has 0 aliphatic rings. The lowest BCUT2D eigenvalue weighted by Crippen LogP contribution is -2.30. The number of unbranched alkanes of at least 4 members (excludes halogenated alkanes) is 1. The fourth-order valence-corrected chi connectivity index (χ4v) is 2.47. The van der Waals surface area contributed by atoms with Crippen LogP contribution in [0.4, 0.5) is 0 Å². The van der Waals surface area contributed by atoms with Crippen LogP contribution in [0, 0.1) is 0 Å². The molecule has 1 heterocycles. The maximum atomic E-state index is 11.8. The highest BCUT2D eigenvalue weighted by Gasteiger charge is 2.14. The average Bonchev–Trinajstić information content (AvgIpc) is 2.37. The minimum atomic E-state index is -4.38. The monoisotopic (exact) mass is 298 g/mol. The predicted molar refractivity (Wildman–Crippen MR) is 73.6 cm³/mol. The number of aromatic nitrogens is 2. The van der Waals surface area contributed by atoms with Crippen molar-refractivity contribution in [3.05, 3.63) is 39.0 Å². The maximum absolute atomic E-state index is 11.8. The van der Waals surface area contributed by atoms with Crippen LogP contribution in [0.2, 0.25) is 0 Å². The van der Waals surface area contributed by atoms with E-state index in [-0.39, 0.29) is 15.8 Å². The van der Waals surface area contributed by atoms with E-state index in [0.717, 1.165) is 18.6 Å². The molecule has 0 amide bonds. The molecule has 7 nitrogen and oxygen atoms in total. The van der Waals surface area contributed by atoms with Crippen molar-refractivity contribution in [3.63, 3.8) is 0 Å². The van der Waals surface area contributed by atoms with Crippen molar-refractivity contribution in [1.82, 2.24) is 9.55 Å². The molecule has 0 unspecified atom stereocenters. The third-order valence-corrected chi connectivity index (χ3v) is 3.85. The van der Waals surface area contributed by atoms with E-state index in [1.165, 1.54) is 10.6 Å². The van der Waals surface area contributed by atoms with Crippen molar-refractivity contribution in [2.24, 2.45) is 0 Å². The molecule has 0 spiro atoms. The molecular formula is C12H14N2O5S. The molecule has 1 aromatic heterocycles. The zero-order valence-electron chi connectivity index (χ0n) is 10.8. The molecule has 0 aliphatic heterocycles. The molecule has 20 heavy (non-hydrogen) atoms. The molecular weight excluding hydrogens is 284 g/mol. The summed E-state index contributed by atoms with van der Waals surface area (Å²) in [6.45, 7) is 2.31. The van der Waals surface area contributed by atoms with Crippen LogP contribution in [0.3, 0.4) is 0 Å². The lowest BCUT2D eigenvalue weighted by atomic mass is 10.2. The third-order valence-electron chi connectivity index (χ3n) is 3.00. The van der Waals surface area contributed by atoms with Gasteiger partial charge in [0.25, 0.3) is 15.7 Å². The Labute approximate surface area is 114 Å². The van der Waals surface area contributed by atoms with Gasteiger partial charge in [-0.05, 0) is 24.6 Å². The molecule has 108 valence electrons. The largest absolute Gasteiger partial charge is 0.328 e. The van der Waals surface area contributed by atoms with Crippen LogP contribution < -0.4 is 11.2 Å². The van der Waals surface area contributed by atoms with Crippen LogP contribution in [0.25, 0.3) is 10.9 Å². The highest BCUT2D eigenvalue weighted by molar-refractivity contribution is 7.85. The predicted octanol–water partition coefficient (Wildman–Crippen LogP) is 0.737. The summed E-state index contributed by atoms with van der Waals surface area (Å²) in [5.74, 6) is 0. The third kappa shape index (κ3) is 2.66. The van der Waals surface area contributed by atoms with Gasteiger partial charge in [-0.25, -0.2) is 4.79 Å². The minimum Gasteiger partial charge on any atom is -0.293 e. The number of aromatic amines is 1. The lowest BCUT2D eigenvalue weighted by Gasteiger charge is -2.09. The zero-order valence-corrected chi connectivity index (χ0v) is 11.6. The number of rotatable bonds is 4. The van der Waals surface area contributed by atoms with E-state index < -0.39 is 21.4 Å². The second-order valence-corrected chi connectivity index (χ2v) is 5.84. The van der Waals surface area contributed by atoms with Gasteiger partial charge in [0, 0.05) is 6.54 Å². The minimum absolute atomic E-state index is 0.197. The van der Waals surface area contributed by atoms with Crippen molar-refractivity contribution in [1.29, 1.82) is 0 Å². The number of benzene rings is 1. The molecule has 2 N–H and O–H groups in total. The van der Waals surface area contributed by atoms with Crippen LogP contribution in [0.1, 0.15) is 19.8 Å². The Morgan fingerprint density at radius 1 is 1.30 bits per heavy atom. The van der Waals surface area contributed by atoms with E-state index in [2.05, 4.69) is 4.98 Å². The maximum Gasteiger partial charge on any atom is 0.328 e. The number of aryl methyl sites for hydroxylation is 1. The number of nitrogens with one attached hydrogen (secondary N) is 1. The summed E-state index contributed by atoms with van der Waals surface area (Å²) < 4.78 is 32.7. The van der Waals surface area contributed by atoms with Crippen LogP contribution in [-0.2, 0) is 16.7 Å². The lowest BCUT2D eigenvalue weighted by molar-refractivity contribution is 0.483. The van der Waals surface area contributed by atoms with E-state index in [1.807, 2.05) is 6.92 Å². The van der Waals surface area contributed by atoms with Gasteiger partial charge in [-0.2, -0.15) is 8.42 Å². The first-order valence-electron chi connectivity index (χ1n) is 6.09. The first-order valence-corrected chi connectivity index (χ1v) is 7.53. The zero-order chi connectivity index (χ0) is 14.9. The fraction of sp³-hybridized carbons (Fsp3) is 0.333.